The molecule has 0 N–H and O–H groups in total. The van der Waals surface area contributed by atoms with E-state index in [1.807, 2.05) is 18.2 Å². The summed E-state index contributed by atoms with van der Waals surface area (Å²) in [5, 5.41) is 1.75. The van der Waals surface area contributed by atoms with E-state index in [-0.39, 0.29) is 0 Å². The van der Waals surface area contributed by atoms with E-state index in [2.05, 4.69) is 38.3 Å². The smallest absolute Gasteiger partial charge is 0.0797 e. The average molecular weight is 239 g/mol. The van der Waals surface area contributed by atoms with Crippen molar-refractivity contribution in [2.75, 3.05) is 7.11 Å². The lowest BCUT2D eigenvalue weighted by atomic mass is 9.99. The second-order valence-corrected chi connectivity index (χ2v) is 4.13. The number of benzene rings is 1. The quantitative estimate of drug-likeness (QED) is 0.792. The Labute approximate surface area is 108 Å². The molecule has 2 rings (SSSR count). The zero-order valence-corrected chi connectivity index (χ0v) is 10.8. The largest absolute Gasteiger partial charge is 0.272 e. The van der Waals surface area contributed by atoms with Gasteiger partial charge in [0.05, 0.1) is 18.5 Å². The lowest BCUT2D eigenvalue weighted by Gasteiger charge is -2.31. The van der Waals surface area contributed by atoms with Crippen LogP contribution in [0.5, 0.6) is 0 Å². The molecule has 0 radical (unpaired) electrons. The highest BCUT2D eigenvalue weighted by molar-refractivity contribution is 5.74. The van der Waals surface area contributed by atoms with Gasteiger partial charge in [0, 0.05) is 5.56 Å². The molecule has 0 fully saturated rings. The average Bonchev–Trinajstić information content (AvgIpc) is 2.41. The maximum atomic E-state index is 5.46. The van der Waals surface area contributed by atoms with Crippen LogP contribution in [0.3, 0.4) is 0 Å². The maximum absolute atomic E-state index is 5.46. The highest BCUT2D eigenvalue weighted by Gasteiger charge is 2.22. The molecule has 0 bridgehead atoms. The number of nitrogens with zero attached hydrogens (tertiary/aromatic N) is 1. The van der Waals surface area contributed by atoms with E-state index < -0.39 is 0 Å². The van der Waals surface area contributed by atoms with E-state index in [1.165, 1.54) is 0 Å². The predicted molar refractivity (Wildman–Crippen MR) is 75.3 cm³/mol. The molecular weight excluding hydrogens is 222 g/mol. The van der Waals surface area contributed by atoms with E-state index in [9.17, 15) is 0 Å². The van der Waals surface area contributed by atoms with Crippen molar-refractivity contribution >= 4 is 5.70 Å². The summed E-state index contributed by atoms with van der Waals surface area (Å²) >= 11 is 0. The van der Waals surface area contributed by atoms with Gasteiger partial charge in [-0.3, -0.25) is 4.84 Å². The maximum Gasteiger partial charge on any atom is 0.0797 e. The second-order valence-electron chi connectivity index (χ2n) is 4.13. The predicted octanol–water partition coefficient (Wildman–Crippen LogP) is 3.92. The van der Waals surface area contributed by atoms with E-state index in [4.69, 9.17) is 4.84 Å². The summed E-state index contributed by atoms with van der Waals surface area (Å²) in [5.74, 6) is 0. The molecule has 0 spiro atoms. The van der Waals surface area contributed by atoms with Crippen LogP contribution in [0.2, 0.25) is 0 Å². The lowest BCUT2D eigenvalue weighted by molar-refractivity contribution is -0.0428. The molecular formula is C16H17NO. The van der Waals surface area contributed by atoms with E-state index in [1.54, 1.807) is 18.2 Å². The van der Waals surface area contributed by atoms with Crippen LogP contribution >= 0.6 is 0 Å². The molecule has 1 aromatic rings. The van der Waals surface area contributed by atoms with Crippen LogP contribution in [-0.4, -0.2) is 12.2 Å². The van der Waals surface area contributed by atoms with Gasteiger partial charge in [0.25, 0.3) is 0 Å². The fourth-order valence-corrected chi connectivity index (χ4v) is 2.12. The van der Waals surface area contributed by atoms with Crippen molar-refractivity contribution in [3.63, 3.8) is 0 Å². The molecule has 92 valence electrons. The molecule has 1 aliphatic rings. The minimum Gasteiger partial charge on any atom is -0.272 e. The van der Waals surface area contributed by atoms with Gasteiger partial charge in [0.2, 0.25) is 0 Å². The summed E-state index contributed by atoms with van der Waals surface area (Å²) in [7, 11) is 1.65. The molecule has 0 aromatic heterocycles. The fourth-order valence-electron chi connectivity index (χ4n) is 2.12. The Morgan fingerprint density at radius 2 is 1.89 bits per heavy atom. The molecule has 2 heteroatoms. The van der Waals surface area contributed by atoms with Gasteiger partial charge in [0.1, 0.15) is 0 Å². The molecule has 0 amide bonds. The first-order valence-electron chi connectivity index (χ1n) is 5.83. The van der Waals surface area contributed by atoms with Gasteiger partial charge in [-0.05, 0) is 24.1 Å². The van der Waals surface area contributed by atoms with Gasteiger partial charge in [-0.1, -0.05) is 49.6 Å². The van der Waals surface area contributed by atoms with Crippen molar-refractivity contribution in [2.24, 2.45) is 0 Å². The van der Waals surface area contributed by atoms with Crippen molar-refractivity contribution in [3.8, 4) is 0 Å². The van der Waals surface area contributed by atoms with Crippen LogP contribution in [-0.2, 0) is 4.84 Å². The van der Waals surface area contributed by atoms with Crippen molar-refractivity contribution in [2.45, 2.75) is 6.92 Å². The zero-order chi connectivity index (χ0) is 13.1. The second kappa shape index (κ2) is 5.07. The third kappa shape index (κ3) is 2.03. The molecule has 1 heterocycles. The van der Waals surface area contributed by atoms with Gasteiger partial charge in [-0.2, -0.15) is 0 Å². The van der Waals surface area contributed by atoms with Crippen LogP contribution in [0.4, 0.5) is 0 Å². The molecule has 0 aliphatic carbocycles. The van der Waals surface area contributed by atoms with Crippen molar-refractivity contribution in [1.29, 1.82) is 0 Å². The van der Waals surface area contributed by atoms with Gasteiger partial charge in [-0.25, -0.2) is 5.06 Å². The normalized spacial score (nSPS) is 15.8. The van der Waals surface area contributed by atoms with E-state index in [0.717, 1.165) is 28.1 Å². The zero-order valence-electron chi connectivity index (χ0n) is 10.8. The highest BCUT2D eigenvalue weighted by atomic mass is 16.7. The van der Waals surface area contributed by atoms with Crippen LogP contribution in [0.1, 0.15) is 12.5 Å². The summed E-state index contributed by atoms with van der Waals surface area (Å²) in [6.07, 6.45) is 3.87. The lowest BCUT2D eigenvalue weighted by Crippen LogP contribution is -2.24. The summed E-state index contributed by atoms with van der Waals surface area (Å²) in [5.41, 5.74) is 5.04. The molecule has 0 saturated carbocycles. The summed E-state index contributed by atoms with van der Waals surface area (Å²) in [6.45, 7) is 9.92. The molecule has 18 heavy (non-hydrogen) atoms. The fraction of sp³-hybridized carbons (Fsp3) is 0.125. The van der Waals surface area contributed by atoms with Gasteiger partial charge < -0.3 is 0 Å². The van der Waals surface area contributed by atoms with Crippen LogP contribution < -0.4 is 0 Å². The number of hydrogen-bond donors (Lipinski definition) is 0. The van der Waals surface area contributed by atoms with Crippen molar-refractivity contribution < 1.29 is 4.84 Å². The standard InChI is InChI=1S/C16H17NO/c1-5-14-11-12(2)16(17(18-4)13(14)3)15-9-7-6-8-10-15/h5-11H,1,3H2,2,4H3. The summed E-state index contributed by atoms with van der Waals surface area (Å²) in [6, 6.07) is 10.1. The Balaban J connectivity index is 2.58. The Kier molecular flexibility index (Phi) is 3.49. The third-order valence-electron chi connectivity index (χ3n) is 2.98. The molecule has 2 nitrogen and oxygen atoms in total. The van der Waals surface area contributed by atoms with Crippen LogP contribution in [0.15, 0.2) is 72.5 Å². The topological polar surface area (TPSA) is 12.5 Å². The molecule has 0 saturated heterocycles. The van der Waals surface area contributed by atoms with Crippen LogP contribution in [0, 0.1) is 0 Å². The number of hydrogen-bond acceptors (Lipinski definition) is 2. The number of rotatable bonds is 3. The Morgan fingerprint density at radius 1 is 1.22 bits per heavy atom. The minimum absolute atomic E-state index is 0.803. The first kappa shape index (κ1) is 12.4. The monoisotopic (exact) mass is 239 g/mol. The molecule has 0 atom stereocenters. The van der Waals surface area contributed by atoms with Crippen molar-refractivity contribution in [1.82, 2.24) is 5.06 Å². The Bertz CT molecular complexity index is 537. The van der Waals surface area contributed by atoms with Gasteiger partial charge >= 0.3 is 0 Å². The van der Waals surface area contributed by atoms with Gasteiger partial charge in [-0.15, -0.1) is 0 Å². The number of allylic oxidation sites excluding steroid dienone is 3. The van der Waals surface area contributed by atoms with Crippen molar-refractivity contribution in [3.05, 3.63) is 78.0 Å². The van der Waals surface area contributed by atoms with E-state index >= 15 is 0 Å². The third-order valence-corrected chi connectivity index (χ3v) is 2.98. The molecule has 0 unspecified atom stereocenters. The SMILES string of the molecule is C=CC1=CC(C)=C(c2ccccc2)N(OC)C1=C. The highest BCUT2D eigenvalue weighted by Crippen LogP contribution is 2.34. The minimum atomic E-state index is 0.803. The number of hydroxylamine groups is 2. The van der Waals surface area contributed by atoms with Gasteiger partial charge in [0.15, 0.2) is 0 Å². The Morgan fingerprint density at radius 3 is 2.44 bits per heavy atom. The first-order valence-corrected chi connectivity index (χ1v) is 5.83. The molecule has 1 aliphatic heterocycles. The van der Waals surface area contributed by atoms with E-state index in [0.29, 0.717) is 0 Å². The summed E-state index contributed by atoms with van der Waals surface area (Å²) in [4.78, 5) is 5.46. The van der Waals surface area contributed by atoms with Crippen LogP contribution in [0.25, 0.3) is 5.70 Å². The summed E-state index contributed by atoms with van der Waals surface area (Å²) < 4.78 is 0. The first-order chi connectivity index (χ1) is 8.69. The Hall–Kier alpha value is -2.06. The molecule has 1 aromatic carbocycles.